The molecule has 9 heteroatoms. The first kappa shape index (κ1) is 20.4. The molecular weight excluding hydrogens is 399 g/mol. The Balaban J connectivity index is 1.91. The minimum atomic E-state index is -3.64. The van der Waals surface area contributed by atoms with Gasteiger partial charge in [0, 0.05) is 5.02 Å². The molecule has 0 aliphatic rings. The van der Waals surface area contributed by atoms with Gasteiger partial charge in [0.1, 0.15) is 18.9 Å². The number of halogens is 2. The molecule has 0 saturated carbocycles. The van der Waals surface area contributed by atoms with Crippen molar-refractivity contribution in [3.8, 4) is 5.75 Å². The largest absolute Gasteiger partial charge is 0.490 e. The van der Waals surface area contributed by atoms with Gasteiger partial charge in [0.15, 0.2) is 0 Å². The second-order valence-corrected chi connectivity index (χ2v) is 8.13. The van der Waals surface area contributed by atoms with Gasteiger partial charge in [0.05, 0.1) is 23.5 Å². The van der Waals surface area contributed by atoms with Crippen molar-refractivity contribution in [3.63, 3.8) is 0 Å². The Bertz CT molecular complexity index is 875. The Morgan fingerprint density at radius 3 is 2.54 bits per heavy atom. The number of anilines is 1. The third-order valence-corrected chi connectivity index (χ3v) is 4.99. The quantitative estimate of drug-likeness (QED) is 0.671. The van der Waals surface area contributed by atoms with Crippen LogP contribution in [0.3, 0.4) is 0 Å². The van der Waals surface area contributed by atoms with Crippen molar-refractivity contribution < 1.29 is 17.9 Å². The van der Waals surface area contributed by atoms with Crippen LogP contribution in [0, 0.1) is 0 Å². The lowest BCUT2D eigenvalue weighted by Gasteiger charge is -2.22. The van der Waals surface area contributed by atoms with Gasteiger partial charge in [-0.25, -0.2) is 8.42 Å². The summed E-state index contributed by atoms with van der Waals surface area (Å²) in [5, 5.41) is 3.47. The number of ether oxygens (including phenoxy) is 1. The minimum Gasteiger partial charge on any atom is -0.490 e. The zero-order chi connectivity index (χ0) is 19.2. The van der Waals surface area contributed by atoms with Gasteiger partial charge in [-0.3, -0.25) is 9.10 Å². The van der Waals surface area contributed by atoms with Gasteiger partial charge in [0.2, 0.25) is 15.9 Å². The molecule has 0 aliphatic carbocycles. The molecule has 2 aromatic carbocycles. The average Bonchev–Trinajstić information content (AvgIpc) is 2.57. The van der Waals surface area contributed by atoms with E-state index in [1.165, 1.54) is 6.07 Å². The normalized spacial score (nSPS) is 11.0. The van der Waals surface area contributed by atoms with Crippen molar-refractivity contribution in [2.45, 2.75) is 0 Å². The number of carbonyl (C=O) groups excluding carboxylic acids is 1. The Hall–Kier alpha value is -1.96. The summed E-state index contributed by atoms with van der Waals surface area (Å²) in [4.78, 5) is 12.1. The van der Waals surface area contributed by atoms with Gasteiger partial charge < -0.3 is 10.1 Å². The van der Waals surface area contributed by atoms with Crippen molar-refractivity contribution in [2.24, 2.45) is 0 Å². The van der Waals surface area contributed by atoms with Crippen LogP contribution in [0.15, 0.2) is 48.5 Å². The second kappa shape index (κ2) is 9.12. The van der Waals surface area contributed by atoms with Crippen LogP contribution in [0.1, 0.15) is 0 Å². The molecule has 0 spiro atoms. The predicted molar refractivity (Wildman–Crippen MR) is 104 cm³/mol. The van der Waals surface area contributed by atoms with Crippen molar-refractivity contribution in [1.29, 1.82) is 0 Å². The topological polar surface area (TPSA) is 75.7 Å². The maximum absolute atomic E-state index is 12.1. The molecule has 0 aromatic heterocycles. The number of nitrogens with one attached hydrogen (secondary N) is 1. The first-order chi connectivity index (χ1) is 12.3. The Morgan fingerprint density at radius 2 is 1.88 bits per heavy atom. The summed E-state index contributed by atoms with van der Waals surface area (Å²) < 4.78 is 30.4. The molecule has 1 amide bonds. The highest BCUT2D eigenvalue weighted by molar-refractivity contribution is 7.92. The van der Waals surface area contributed by atoms with Crippen LogP contribution in [-0.4, -0.2) is 40.3 Å². The van der Waals surface area contributed by atoms with E-state index in [1.807, 2.05) is 0 Å². The molecule has 0 fully saturated rings. The lowest BCUT2D eigenvalue weighted by Crippen LogP contribution is -2.41. The highest BCUT2D eigenvalue weighted by Crippen LogP contribution is 2.23. The smallest absolute Gasteiger partial charge is 0.240 e. The maximum Gasteiger partial charge on any atom is 0.240 e. The van der Waals surface area contributed by atoms with Gasteiger partial charge in [-0.2, -0.15) is 0 Å². The molecule has 0 radical (unpaired) electrons. The number of benzene rings is 2. The van der Waals surface area contributed by atoms with Crippen LogP contribution in [0.4, 0.5) is 5.69 Å². The second-order valence-electron chi connectivity index (χ2n) is 5.38. The van der Waals surface area contributed by atoms with E-state index in [-0.39, 0.29) is 19.7 Å². The van der Waals surface area contributed by atoms with Crippen molar-refractivity contribution in [1.82, 2.24) is 5.32 Å². The zero-order valence-corrected chi connectivity index (χ0v) is 16.3. The van der Waals surface area contributed by atoms with Gasteiger partial charge in [-0.05, 0) is 30.3 Å². The van der Waals surface area contributed by atoms with Crippen LogP contribution < -0.4 is 14.4 Å². The number of hydrogen-bond donors (Lipinski definition) is 1. The molecule has 2 aromatic rings. The molecule has 0 saturated heterocycles. The fourth-order valence-electron chi connectivity index (χ4n) is 2.13. The Kier molecular flexibility index (Phi) is 7.14. The summed E-state index contributed by atoms with van der Waals surface area (Å²) in [5.74, 6) is 0.0539. The first-order valence-corrected chi connectivity index (χ1v) is 10.2. The molecule has 2 rings (SSSR count). The van der Waals surface area contributed by atoms with Gasteiger partial charge >= 0.3 is 0 Å². The number of amides is 1. The van der Waals surface area contributed by atoms with E-state index in [2.05, 4.69) is 5.32 Å². The van der Waals surface area contributed by atoms with E-state index >= 15 is 0 Å². The van der Waals surface area contributed by atoms with E-state index in [0.29, 0.717) is 21.5 Å². The molecule has 0 atom stereocenters. The minimum absolute atomic E-state index is 0.200. The molecule has 0 heterocycles. The van der Waals surface area contributed by atoms with Crippen molar-refractivity contribution in [2.75, 3.05) is 30.3 Å². The summed E-state index contributed by atoms with van der Waals surface area (Å²) in [6.07, 6.45) is 1.03. The lowest BCUT2D eigenvalue weighted by molar-refractivity contribution is -0.119. The maximum atomic E-state index is 12.1. The molecule has 0 aliphatic heterocycles. The third kappa shape index (κ3) is 6.09. The monoisotopic (exact) mass is 416 g/mol. The van der Waals surface area contributed by atoms with Gasteiger partial charge in [-0.1, -0.05) is 41.4 Å². The number of para-hydroxylation sites is 1. The summed E-state index contributed by atoms with van der Waals surface area (Å²) in [5.41, 5.74) is 0.322. The van der Waals surface area contributed by atoms with Crippen LogP contribution in [0.2, 0.25) is 10.0 Å². The highest BCUT2D eigenvalue weighted by Gasteiger charge is 2.20. The Morgan fingerprint density at radius 1 is 1.15 bits per heavy atom. The molecule has 140 valence electrons. The van der Waals surface area contributed by atoms with Crippen molar-refractivity contribution in [3.05, 3.63) is 58.6 Å². The number of carbonyl (C=O) groups is 1. The zero-order valence-electron chi connectivity index (χ0n) is 14.0. The average molecular weight is 417 g/mol. The highest BCUT2D eigenvalue weighted by atomic mass is 35.5. The number of rotatable bonds is 8. The SMILES string of the molecule is CS(=O)(=O)N(CC(=O)NCCOc1ccccc1Cl)c1cccc(Cl)c1. The molecule has 0 unspecified atom stereocenters. The van der Waals surface area contributed by atoms with Crippen LogP contribution in [0.25, 0.3) is 0 Å². The molecular formula is C17H18Cl2N2O4S. The van der Waals surface area contributed by atoms with Crippen molar-refractivity contribution >= 4 is 44.8 Å². The third-order valence-electron chi connectivity index (χ3n) is 3.30. The first-order valence-electron chi connectivity index (χ1n) is 7.64. The van der Waals surface area contributed by atoms with E-state index in [1.54, 1.807) is 42.5 Å². The van der Waals surface area contributed by atoms with Crippen LogP contribution in [0.5, 0.6) is 5.75 Å². The molecule has 1 N–H and O–H groups in total. The molecule has 26 heavy (non-hydrogen) atoms. The van der Waals surface area contributed by atoms with E-state index in [9.17, 15) is 13.2 Å². The summed E-state index contributed by atoms with van der Waals surface area (Å²) in [7, 11) is -3.64. The number of sulfonamides is 1. The molecule has 6 nitrogen and oxygen atoms in total. The number of hydrogen-bond acceptors (Lipinski definition) is 4. The lowest BCUT2D eigenvalue weighted by atomic mass is 10.3. The summed E-state index contributed by atoms with van der Waals surface area (Å²) >= 11 is 11.9. The van der Waals surface area contributed by atoms with Gasteiger partial charge in [0.25, 0.3) is 0 Å². The standard InChI is InChI=1S/C17H18Cl2N2O4S/c1-26(23,24)21(14-6-4-5-13(18)11-14)12-17(22)20-9-10-25-16-8-3-2-7-15(16)19/h2-8,11H,9-10,12H2,1H3,(H,20,22). The van der Waals surface area contributed by atoms with Crippen LogP contribution >= 0.6 is 23.2 Å². The predicted octanol–water partition coefficient (Wildman–Crippen LogP) is 2.95. The molecule has 0 bridgehead atoms. The summed E-state index contributed by atoms with van der Waals surface area (Å²) in [6, 6.07) is 13.3. The summed E-state index contributed by atoms with van der Waals surface area (Å²) in [6.45, 7) is 0.0496. The Labute approximate surface area is 162 Å². The fraction of sp³-hybridized carbons (Fsp3) is 0.235. The van der Waals surface area contributed by atoms with Crippen LogP contribution in [-0.2, 0) is 14.8 Å². The van der Waals surface area contributed by atoms with Gasteiger partial charge in [-0.15, -0.1) is 0 Å². The fourth-order valence-corrected chi connectivity index (χ4v) is 3.35. The number of nitrogens with zero attached hydrogens (tertiary/aromatic N) is 1. The van der Waals surface area contributed by atoms with E-state index in [0.717, 1.165) is 10.6 Å². The van der Waals surface area contributed by atoms with E-state index in [4.69, 9.17) is 27.9 Å². The van der Waals surface area contributed by atoms with E-state index < -0.39 is 15.9 Å².